The van der Waals surface area contributed by atoms with Gasteiger partial charge in [-0.3, -0.25) is 0 Å². The van der Waals surface area contributed by atoms with Crippen molar-refractivity contribution in [2.45, 2.75) is 13.8 Å². The molecule has 0 aliphatic heterocycles. The van der Waals surface area contributed by atoms with Crippen molar-refractivity contribution >= 4 is 16.6 Å². The van der Waals surface area contributed by atoms with E-state index < -0.39 is 0 Å². The number of nitrogens with zero attached hydrogens (tertiary/aromatic N) is 2. The molecule has 0 radical (unpaired) electrons. The molecule has 3 nitrogen and oxygen atoms in total. The molecule has 0 saturated carbocycles. The summed E-state index contributed by atoms with van der Waals surface area (Å²) in [4.78, 5) is 0. The Morgan fingerprint density at radius 3 is 2.52 bits per heavy atom. The highest BCUT2D eigenvalue weighted by Crippen LogP contribution is 2.31. The first-order valence-corrected chi connectivity index (χ1v) is 6.97. The molecule has 3 rings (SSSR count). The quantitative estimate of drug-likeness (QED) is 0.782. The van der Waals surface area contributed by atoms with Gasteiger partial charge in [0.2, 0.25) is 0 Å². The maximum Gasteiger partial charge on any atom is 0.156 e. The lowest BCUT2D eigenvalue weighted by Crippen LogP contribution is -2.03. The van der Waals surface area contributed by atoms with Gasteiger partial charge in [0.1, 0.15) is 11.5 Å². The van der Waals surface area contributed by atoms with Crippen LogP contribution in [0.25, 0.3) is 22.0 Å². The third-order valence-electron chi connectivity index (χ3n) is 3.55. The van der Waals surface area contributed by atoms with Crippen LogP contribution in [0.15, 0.2) is 42.5 Å². The van der Waals surface area contributed by atoms with E-state index in [2.05, 4.69) is 15.5 Å². The summed E-state index contributed by atoms with van der Waals surface area (Å²) in [6.45, 7) is 4.55. The van der Waals surface area contributed by atoms with Crippen LogP contribution in [0.3, 0.4) is 0 Å². The van der Waals surface area contributed by atoms with Crippen molar-refractivity contribution in [2.24, 2.45) is 0 Å². The van der Waals surface area contributed by atoms with Crippen molar-refractivity contribution in [3.05, 3.63) is 53.8 Å². The smallest absolute Gasteiger partial charge is 0.156 e. The van der Waals surface area contributed by atoms with Crippen LogP contribution in [-0.2, 0) is 0 Å². The molecule has 1 N–H and O–H groups in total. The van der Waals surface area contributed by atoms with Crippen LogP contribution in [0, 0.1) is 12.7 Å². The van der Waals surface area contributed by atoms with Crippen LogP contribution < -0.4 is 5.32 Å². The number of hydrogen-bond acceptors (Lipinski definition) is 3. The normalized spacial score (nSPS) is 10.8. The van der Waals surface area contributed by atoms with E-state index in [1.165, 1.54) is 6.07 Å². The number of anilines is 1. The average Bonchev–Trinajstić information content (AvgIpc) is 2.51. The second kappa shape index (κ2) is 5.48. The number of aromatic nitrogens is 2. The minimum atomic E-state index is -0.228. The van der Waals surface area contributed by atoms with Gasteiger partial charge in [0.25, 0.3) is 0 Å². The Kier molecular flexibility index (Phi) is 3.52. The number of halogens is 1. The first-order chi connectivity index (χ1) is 10.2. The highest BCUT2D eigenvalue weighted by atomic mass is 19.1. The van der Waals surface area contributed by atoms with E-state index in [4.69, 9.17) is 0 Å². The third kappa shape index (κ3) is 2.33. The van der Waals surface area contributed by atoms with Crippen LogP contribution in [0.4, 0.5) is 10.2 Å². The molecule has 4 heteroatoms. The predicted octanol–water partition coefficient (Wildman–Crippen LogP) is 4.18. The van der Waals surface area contributed by atoms with Crippen LogP contribution in [0.2, 0.25) is 0 Å². The van der Waals surface area contributed by atoms with Crippen molar-refractivity contribution in [3.63, 3.8) is 0 Å². The van der Waals surface area contributed by atoms with Gasteiger partial charge in [0.05, 0.1) is 0 Å². The molecule has 0 atom stereocenters. The van der Waals surface area contributed by atoms with Gasteiger partial charge >= 0.3 is 0 Å². The summed E-state index contributed by atoms with van der Waals surface area (Å²) in [7, 11) is 0. The largest absolute Gasteiger partial charge is 0.368 e. The van der Waals surface area contributed by atoms with E-state index in [9.17, 15) is 4.39 Å². The maximum absolute atomic E-state index is 13.8. The minimum Gasteiger partial charge on any atom is -0.368 e. The zero-order valence-corrected chi connectivity index (χ0v) is 12.0. The molecule has 2 aromatic carbocycles. The van der Waals surface area contributed by atoms with E-state index in [0.29, 0.717) is 11.3 Å². The van der Waals surface area contributed by atoms with Crippen molar-refractivity contribution < 1.29 is 4.39 Å². The Morgan fingerprint density at radius 2 is 1.76 bits per heavy atom. The van der Waals surface area contributed by atoms with Crippen LogP contribution in [-0.4, -0.2) is 16.7 Å². The fourth-order valence-corrected chi connectivity index (χ4v) is 2.46. The van der Waals surface area contributed by atoms with E-state index in [1.54, 1.807) is 13.0 Å². The average molecular weight is 281 g/mol. The second-order valence-electron chi connectivity index (χ2n) is 4.89. The first kappa shape index (κ1) is 13.5. The molecule has 0 amide bonds. The number of rotatable bonds is 3. The first-order valence-electron chi connectivity index (χ1n) is 6.97. The fraction of sp³-hybridized carbons (Fsp3) is 0.176. The Labute approximate surface area is 122 Å². The van der Waals surface area contributed by atoms with Gasteiger partial charge < -0.3 is 5.32 Å². The van der Waals surface area contributed by atoms with Gasteiger partial charge in [-0.1, -0.05) is 36.4 Å². The summed E-state index contributed by atoms with van der Waals surface area (Å²) >= 11 is 0. The number of nitrogens with one attached hydrogen (secondary N) is 1. The monoisotopic (exact) mass is 281 g/mol. The Balaban J connectivity index is 2.29. The van der Waals surface area contributed by atoms with Crippen molar-refractivity contribution in [2.75, 3.05) is 11.9 Å². The van der Waals surface area contributed by atoms with Gasteiger partial charge in [-0.15, -0.1) is 10.2 Å². The van der Waals surface area contributed by atoms with E-state index >= 15 is 0 Å². The molecule has 0 bridgehead atoms. The molecule has 21 heavy (non-hydrogen) atoms. The molecule has 0 spiro atoms. The highest BCUT2D eigenvalue weighted by molar-refractivity contribution is 6.00. The van der Waals surface area contributed by atoms with E-state index in [0.717, 1.165) is 28.7 Å². The molecule has 0 fully saturated rings. The molecule has 0 aliphatic carbocycles. The van der Waals surface area contributed by atoms with Gasteiger partial charge in [-0.25, -0.2) is 4.39 Å². The maximum atomic E-state index is 13.8. The molecule has 106 valence electrons. The van der Waals surface area contributed by atoms with Crippen LogP contribution >= 0.6 is 0 Å². The summed E-state index contributed by atoms with van der Waals surface area (Å²) < 4.78 is 13.8. The zero-order chi connectivity index (χ0) is 14.8. The number of benzene rings is 2. The molecule has 1 aromatic heterocycles. The summed E-state index contributed by atoms with van der Waals surface area (Å²) in [5.41, 5.74) is 2.08. The summed E-state index contributed by atoms with van der Waals surface area (Å²) in [5, 5.41) is 13.7. The molecule has 1 heterocycles. The summed E-state index contributed by atoms with van der Waals surface area (Å²) in [6, 6.07) is 12.9. The molecule has 3 aromatic rings. The molecule has 0 unspecified atom stereocenters. The minimum absolute atomic E-state index is 0.228. The van der Waals surface area contributed by atoms with Gasteiger partial charge in [0, 0.05) is 22.9 Å². The third-order valence-corrected chi connectivity index (χ3v) is 3.55. The second-order valence-corrected chi connectivity index (χ2v) is 4.89. The van der Waals surface area contributed by atoms with Gasteiger partial charge in [-0.05, 0) is 25.5 Å². The molecule has 0 saturated heterocycles. The predicted molar refractivity (Wildman–Crippen MR) is 83.8 cm³/mol. The van der Waals surface area contributed by atoms with Crippen molar-refractivity contribution in [1.29, 1.82) is 0 Å². The highest BCUT2D eigenvalue weighted by Gasteiger charge is 2.13. The van der Waals surface area contributed by atoms with Crippen LogP contribution in [0.1, 0.15) is 12.5 Å². The topological polar surface area (TPSA) is 37.8 Å². The van der Waals surface area contributed by atoms with E-state index in [1.807, 2.05) is 37.3 Å². The SMILES string of the molecule is CCNc1nnc(-c2cccc(F)c2C)c2ccccc12. The summed E-state index contributed by atoms with van der Waals surface area (Å²) in [6.07, 6.45) is 0. The zero-order valence-electron chi connectivity index (χ0n) is 12.0. The lowest BCUT2D eigenvalue weighted by molar-refractivity contribution is 0.619. The van der Waals surface area contributed by atoms with Crippen LogP contribution in [0.5, 0.6) is 0 Å². The lowest BCUT2D eigenvalue weighted by atomic mass is 10.0. The number of fused-ring (bicyclic) bond motifs is 1. The standard InChI is InChI=1S/C17H16FN3/c1-3-19-17-14-8-5-4-7-13(14)16(20-21-17)12-9-6-10-15(18)11(12)2/h4-10H,3H2,1-2H3,(H,19,21). The lowest BCUT2D eigenvalue weighted by Gasteiger charge is -2.11. The van der Waals surface area contributed by atoms with Gasteiger partial charge in [0.15, 0.2) is 5.82 Å². The fourth-order valence-electron chi connectivity index (χ4n) is 2.46. The van der Waals surface area contributed by atoms with Crippen molar-refractivity contribution in [3.8, 4) is 11.3 Å². The Morgan fingerprint density at radius 1 is 1.00 bits per heavy atom. The summed E-state index contributed by atoms with van der Waals surface area (Å²) in [5.74, 6) is 0.528. The Bertz CT molecular complexity index is 799. The van der Waals surface area contributed by atoms with E-state index in [-0.39, 0.29) is 5.82 Å². The molecule has 0 aliphatic rings. The molecular weight excluding hydrogens is 265 g/mol. The Hall–Kier alpha value is -2.49. The van der Waals surface area contributed by atoms with Gasteiger partial charge in [-0.2, -0.15) is 0 Å². The van der Waals surface area contributed by atoms with Crippen molar-refractivity contribution in [1.82, 2.24) is 10.2 Å². The molecular formula is C17H16FN3. The number of hydrogen-bond donors (Lipinski definition) is 1.